The maximum Gasteiger partial charge on any atom is 0.247 e. The lowest BCUT2D eigenvalue weighted by molar-refractivity contribution is 0.0992. The van der Waals surface area contributed by atoms with Gasteiger partial charge in [-0.25, -0.2) is 4.98 Å². The van der Waals surface area contributed by atoms with Crippen LogP contribution in [0.5, 0.6) is 11.6 Å². The number of ketones is 1. The van der Waals surface area contributed by atoms with E-state index in [2.05, 4.69) is 39.8 Å². The van der Waals surface area contributed by atoms with Crippen molar-refractivity contribution in [1.82, 2.24) is 24.8 Å². The number of carbonyl (C=O) groups excluding carboxylic acids is 1. The highest BCUT2D eigenvalue weighted by molar-refractivity contribution is 7.08. The van der Waals surface area contributed by atoms with E-state index in [0.29, 0.717) is 23.9 Å². The maximum atomic E-state index is 13.4. The van der Waals surface area contributed by atoms with Crippen LogP contribution >= 0.6 is 11.3 Å². The highest BCUT2D eigenvalue weighted by Gasteiger charge is 2.17. The second-order valence-corrected chi connectivity index (χ2v) is 11.4. The highest BCUT2D eigenvalue weighted by Crippen LogP contribution is 2.31. The molecule has 0 atom stereocenters. The number of likely N-dealkylation sites (N-methyl/N-ethyl adjacent to an activating group) is 1. The summed E-state index contributed by atoms with van der Waals surface area (Å²) in [4.78, 5) is 30.8. The molecule has 1 aliphatic rings. The van der Waals surface area contributed by atoms with Crippen molar-refractivity contribution in [3.05, 3.63) is 93.3 Å². The fourth-order valence-corrected chi connectivity index (χ4v) is 5.73. The summed E-state index contributed by atoms with van der Waals surface area (Å²) in [5.74, 6) is 1.82. The van der Waals surface area contributed by atoms with Crippen LogP contribution in [0.4, 0.5) is 0 Å². The van der Waals surface area contributed by atoms with E-state index < -0.39 is 0 Å². The standard InChI is InChI=1S/C32H33N5O2S/c1-21-4-7-27(39-32-30-28(8-10-33-30)34-31(35-32)25-9-15-40-20-25)17-26(21)18-29(38)23-5-6-24(22(2)16-23)19-37-13-11-36(3)12-14-37/h4-10,15-17,20,33H,11-14,18-19H2,1-3H3. The van der Waals surface area contributed by atoms with Crippen molar-refractivity contribution in [2.45, 2.75) is 26.8 Å². The number of hydrogen-bond donors (Lipinski definition) is 1. The first-order valence-electron chi connectivity index (χ1n) is 13.6. The minimum absolute atomic E-state index is 0.100. The van der Waals surface area contributed by atoms with Gasteiger partial charge in [-0.1, -0.05) is 18.2 Å². The van der Waals surface area contributed by atoms with Crippen molar-refractivity contribution in [2.75, 3.05) is 33.2 Å². The van der Waals surface area contributed by atoms with Crippen LogP contribution in [0.15, 0.2) is 65.5 Å². The normalized spacial score (nSPS) is 14.6. The Kier molecular flexibility index (Phi) is 7.47. The van der Waals surface area contributed by atoms with Gasteiger partial charge >= 0.3 is 0 Å². The predicted molar refractivity (Wildman–Crippen MR) is 160 cm³/mol. The second kappa shape index (κ2) is 11.3. The largest absolute Gasteiger partial charge is 0.437 e. The van der Waals surface area contributed by atoms with Gasteiger partial charge in [0.1, 0.15) is 11.3 Å². The molecule has 0 saturated carbocycles. The highest BCUT2D eigenvalue weighted by atomic mass is 32.1. The number of rotatable bonds is 8. The Morgan fingerprint density at radius 2 is 1.82 bits per heavy atom. The number of piperazine rings is 1. The first-order valence-corrected chi connectivity index (χ1v) is 14.6. The Labute approximate surface area is 238 Å². The average Bonchev–Trinajstić information content (AvgIpc) is 3.65. The van der Waals surface area contributed by atoms with Gasteiger partial charge in [-0.05, 0) is 78.9 Å². The van der Waals surface area contributed by atoms with Crippen molar-refractivity contribution >= 4 is 28.2 Å². The van der Waals surface area contributed by atoms with Crippen LogP contribution in [0.1, 0.15) is 32.6 Å². The van der Waals surface area contributed by atoms with Crippen LogP contribution < -0.4 is 4.74 Å². The van der Waals surface area contributed by atoms with Crippen LogP contribution in [0.2, 0.25) is 0 Å². The van der Waals surface area contributed by atoms with E-state index in [9.17, 15) is 4.79 Å². The molecule has 7 nitrogen and oxygen atoms in total. The van der Waals surface area contributed by atoms with E-state index in [1.165, 1.54) is 11.1 Å². The molecule has 1 saturated heterocycles. The van der Waals surface area contributed by atoms with Crippen molar-refractivity contribution in [3.63, 3.8) is 0 Å². The van der Waals surface area contributed by atoms with Crippen molar-refractivity contribution < 1.29 is 9.53 Å². The van der Waals surface area contributed by atoms with E-state index in [4.69, 9.17) is 9.72 Å². The van der Waals surface area contributed by atoms with Crippen molar-refractivity contribution in [1.29, 1.82) is 0 Å². The number of fused-ring (bicyclic) bond motifs is 1. The summed E-state index contributed by atoms with van der Waals surface area (Å²) < 4.78 is 6.29. The molecule has 0 radical (unpaired) electrons. The van der Waals surface area contributed by atoms with Gasteiger partial charge in [0.05, 0.1) is 5.52 Å². The van der Waals surface area contributed by atoms with E-state index in [0.717, 1.165) is 66.0 Å². The molecule has 0 bridgehead atoms. The number of carbonyl (C=O) groups is 1. The van der Waals surface area contributed by atoms with Gasteiger partial charge < -0.3 is 14.6 Å². The molecule has 6 rings (SSSR count). The number of aryl methyl sites for hydroxylation is 2. The Hall–Kier alpha value is -3.85. The van der Waals surface area contributed by atoms with E-state index in [-0.39, 0.29) is 5.78 Å². The summed E-state index contributed by atoms with van der Waals surface area (Å²) in [6, 6.07) is 15.9. The van der Waals surface area contributed by atoms with E-state index in [1.54, 1.807) is 11.3 Å². The van der Waals surface area contributed by atoms with Gasteiger partial charge in [0.15, 0.2) is 11.6 Å². The van der Waals surface area contributed by atoms with Gasteiger partial charge in [0, 0.05) is 61.8 Å². The molecule has 8 heteroatoms. The minimum Gasteiger partial charge on any atom is -0.437 e. The monoisotopic (exact) mass is 551 g/mol. The lowest BCUT2D eigenvalue weighted by Crippen LogP contribution is -2.43. The average molecular weight is 552 g/mol. The number of aromatic amines is 1. The summed E-state index contributed by atoms with van der Waals surface area (Å²) in [7, 11) is 2.17. The lowest BCUT2D eigenvalue weighted by atomic mass is 9.96. The minimum atomic E-state index is 0.100. The fourth-order valence-electron chi connectivity index (χ4n) is 5.09. The Morgan fingerprint density at radius 3 is 2.60 bits per heavy atom. The maximum absolute atomic E-state index is 13.4. The molecule has 2 aromatic carbocycles. The molecule has 40 heavy (non-hydrogen) atoms. The first-order chi connectivity index (χ1) is 19.4. The van der Waals surface area contributed by atoms with Crippen LogP contribution in [0.25, 0.3) is 22.4 Å². The topological polar surface area (TPSA) is 74.3 Å². The van der Waals surface area contributed by atoms with Gasteiger partial charge in [-0.15, -0.1) is 0 Å². The van der Waals surface area contributed by atoms with E-state index >= 15 is 0 Å². The van der Waals surface area contributed by atoms with Crippen molar-refractivity contribution in [2.24, 2.45) is 0 Å². The summed E-state index contributed by atoms with van der Waals surface area (Å²) in [6.07, 6.45) is 2.14. The summed E-state index contributed by atoms with van der Waals surface area (Å²) >= 11 is 1.60. The quantitative estimate of drug-likeness (QED) is 0.229. The van der Waals surface area contributed by atoms with Gasteiger partial charge in [-0.3, -0.25) is 9.69 Å². The zero-order chi connectivity index (χ0) is 27.6. The van der Waals surface area contributed by atoms with E-state index in [1.807, 2.05) is 66.3 Å². The molecule has 1 N–H and O–H groups in total. The lowest BCUT2D eigenvalue weighted by Gasteiger charge is -2.32. The summed E-state index contributed by atoms with van der Waals surface area (Å²) in [6.45, 7) is 9.41. The van der Waals surface area contributed by atoms with Crippen LogP contribution in [0.3, 0.4) is 0 Å². The molecular formula is C32H33N5O2S. The van der Waals surface area contributed by atoms with Gasteiger partial charge in [0.2, 0.25) is 5.88 Å². The smallest absolute Gasteiger partial charge is 0.247 e. The molecule has 0 aliphatic carbocycles. The number of nitrogens with one attached hydrogen (secondary N) is 1. The molecule has 0 amide bonds. The first kappa shape index (κ1) is 26.4. The molecule has 3 aromatic heterocycles. The molecule has 1 aliphatic heterocycles. The third-order valence-corrected chi connectivity index (χ3v) is 8.38. The SMILES string of the molecule is Cc1ccc(Oc2nc(-c3ccsc3)nc3cc[nH]c23)cc1CC(=O)c1ccc(CN2CCN(C)CC2)c(C)c1. The molecule has 0 unspecified atom stereocenters. The molecule has 1 fully saturated rings. The van der Waals surface area contributed by atoms with Crippen LogP contribution in [-0.2, 0) is 13.0 Å². The third kappa shape index (κ3) is 5.70. The van der Waals surface area contributed by atoms with Crippen molar-refractivity contribution in [3.8, 4) is 23.0 Å². The number of H-pyrrole nitrogens is 1. The molecule has 5 aromatic rings. The number of aromatic nitrogens is 3. The Balaban J connectivity index is 1.19. The molecular weight excluding hydrogens is 518 g/mol. The number of benzene rings is 2. The number of nitrogens with zero attached hydrogens (tertiary/aromatic N) is 4. The van der Waals surface area contributed by atoms with Gasteiger partial charge in [0.25, 0.3) is 0 Å². The Bertz CT molecular complexity index is 1650. The number of ether oxygens (including phenoxy) is 1. The molecule has 204 valence electrons. The third-order valence-electron chi connectivity index (χ3n) is 7.69. The zero-order valence-electron chi connectivity index (χ0n) is 23.1. The summed E-state index contributed by atoms with van der Waals surface area (Å²) in [5, 5.41) is 4.03. The van der Waals surface area contributed by atoms with Crippen LogP contribution in [-0.4, -0.2) is 63.8 Å². The zero-order valence-corrected chi connectivity index (χ0v) is 23.9. The molecule has 4 heterocycles. The predicted octanol–water partition coefficient (Wildman–Crippen LogP) is 6.27. The number of Topliss-reactive ketones (excluding diaryl/α,β-unsaturated/α-hetero) is 1. The van der Waals surface area contributed by atoms with Crippen LogP contribution in [0, 0.1) is 13.8 Å². The van der Waals surface area contributed by atoms with Gasteiger partial charge in [-0.2, -0.15) is 16.3 Å². The molecule has 0 spiro atoms. The number of thiophene rings is 1. The fraction of sp³-hybridized carbons (Fsp3) is 0.281. The Morgan fingerprint density at radius 1 is 0.975 bits per heavy atom. The summed E-state index contributed by atoms with van der Waals surface area (Å²) in [5.41, 5.74) is 7.68. The number of hydrogen-bond acceptors (Lipinski definition) is 7. The second-order valence-electron chi connectivity index (χ2n) is 10.6.